The Hall–Kier alpha value is -2.09. The Morgan fingerprint density at radius 1 is 1.17 bits per heavy atom. The van der Waals surface area contributed by atoms with Gasteiger partial charge in [-0.05, 0) is 49.4 Å². The number of hydrogen-bond acceptors (Lipinski definition) is 4. The number of piperazine rings is 1. The van der Waals surface area contributed by atoms with E-state index in [1.807, 2.05) is 47.4 Å². The van der Waals surface area contributed by atoms with Crippen LogP contribution in [0.2, 0.25) is 5.02 Å². The summed E-state index contributed by atoms with van der Waals surface area (Å²) in [5.74, 6) is -0.395. The smallest absolute Gasteiger partial charge is 0.239 e. The lowest BCUT2D eigenvalue weighted by Gasteiger charge is -2.37. The number of rotatable bonds is 7. The van der Waals surface area contributed by atoms with Gasteiger partial charge in [0.1, 0.15) is 6.04 Å². The van der Waals surface area contributed by atoms with Gasteiger partial charge >= 0.3 is 0 Å². The van der Waals surface area contributed by atoms with Crippen molar-refractivity contribution in [2.75, 3.05) is 38.1 Å². The van der Waals surface area contributed by atoms with Crippen molar-refractivity contribution in [2.24, 2.45) is 5.73 Å². The summed E-state index contributed by atoms with van der Waals surface area (Å²) in [7, 11) is 1.72. The summed E-state index contributed by atoms with van der Waals surface area (Å²) < 4.78 is 0.883. The lowest BCUT2D eigenvalue weighted by molar-refractivity contribution is -0.128. The van der Waals surface area contributed by atoms with Gasteiger partial charge in [0.05, 0.1) is 6.42 Å². The third-order valence-corrected chi connectivity index (χ3v) is 5.98. The van der Waals surface area contributed by atoms with Crippen molar-refractivity contribution in [3.8, 4) is 0 Å². The van der Waals surface area contributed by atoms with Gasteiger partial charge in [0.15, 0.2) is 0 Å². The van der Waals surface area contributed by atoms with E-state index in [1.54, 1.807) is 13.5 Å². The molecule has 1 radical (unpaired) electrons. The molecule has 1 fully saturated rings. The Morgan fingerprint density at radius 2 is 1.83 bits per heavy atom. The van der Waals surface area contributed by atoms with Gasteiger partial charge in [-0.15, -0.1) is 0 Å². The van der Waals surface area contributed by atoms with Crippen LogP contribution in [0.3, 0.4) is 0 Å². The molecule has 1 aliphatic rings. The molecule has 2 amide bonds. The summed E-state index contributed by atoms with van der Waals surface area (Å²) in [5, 5.41) is 3.67. The highest BCUT2D eigenvalue weighted by Crippen LogP contribution is 2.30. The molecule has 1 aliphatic heterocycles. The van der Waals surface area contributed by atoms with E-state index in [4.69, 9.17) is 17.3 Å². The summed E-state index contributed by atoms with van der Waals surface area (Å²) in [6, 6.07) is 12.8. The second-order valence-corrected chi connectivity index (χ2v) is 8.53. The number of anilines is 1. The fourth-order valence-corrected chi connectivity index (χ4v) is 4.12. The van der Waals surface area contributed by atoms with Crippen LogP contribution in [-0.4, -0.2) is 49.9 Å². The van der Waals surface area contributed by atoms with Gasteiger partial charge in [0.25, 0.3) is 0 Å². The number of nitrogens with zero attached hydrogens (tertiary/aromatic N) is 2. The molecule has 0 saturated carbocycles. The van der Waals surface area contributed by atoms with Gasteiger partial charge in [-0.3, -0.25) is 9.59 Å². The summed E-state index contributed by atoms with van der Waals surface area (Å²) in [6.07, 6.45) is 2.30. The summed E-state index contributed by atoms with van der Waals surface area (Å²) in [6.45, 7) is 2.60. The third-order valence-electron chi connectivity index (χ3n) is 5.23. The standard InChI is InChI=1S/C22H25BrClN4O2/c1-26-21(22(25)30)18-14-16(23)5-8-19(18)27-10-12-28(13-11-27)20(29)9-4-15-2-6-17(24)7-3-15/h2-3,5-9,14,21,26H,4,10-13H2,1H3,(H2,25,30). The molecule has 1 heterocycles. The van der Waals surface area contributed by atoms with Crippen LogP contribution in [0.5, 0.6) is 0 Å². The normalized spacial score (nSPS) is 15.2. The summed E-state index contributed by atoms with van der Waals surface area (Å²) in [4.78, 5) is 28.5. The zero-order valence-corrected chi connectivity index (χ0v) is 19.1. The molecule has 30 heavy (non-hydrogen) atoms. The lowest BCUT2D eigenvalue weighted by atomic mass is 10.0. The number of nitrogens with one attached hydrogen (secondary N) is 1. The number of nitrogens with two attached hydrogens (primary N) is 1. The summed E-state index contributed by atoms with van der Waals surface area (Å²) in [5.41, 5.74) is 8.41. The zero-order chi connectivity index (χ0) is 21.7. The van der Waals surface area contributed by atoms with Crippen molar-refractivity contribution >= 4 is 45.0 Å². The average molecular weight is 493 g/mol. The number of likely N-dealkylation sites (N-methyl/N-ethyl adjacent to an activating group) is 1. The SMILES string of the molecule is CNC(C(N)=O)c1cc(Br)ccc1N1CCN(C(=O)[CH]Cc2ccc(Cl)cc2)CC1. The minimum absolute atomic E-state index is 0.0332. The maximum Gasteiger partial charge on any atom is 0.239 e. The number of primary amides is 1. The van der Waals surface area contributed by atoms with Gasteiger partial charge in [-0.25, -0.2) is 0 Å². The zero-order valence-electron chi connectivity index (χ0n) is 16.8. The molecule has 2 aromatic carbocycles. The van der Waals surface area contributed by atoms with Crippen molar-refractivity contribution < 1.29 is 9.59 Å². The first-order chi connectivity index (χ1) is 14.4. The first-order valence-corrected chi connectivity index (χ1v) is 10.9. The summed E-state index contributed by atoms with van der Waals surface area (Å²) >= 11 is 9.38. The number of amides is 2. The number of carbonyl (C=O) groups excluding carboxylic acids is 2. The molecule has 0 aromatic heterocycles. The Balaban J connectivity index is 1.62. The molecule has 0 bridgehead atoms. The van der Waals surface area contributed by atoms with E-state index in [1.165, 1.54) is 0 Å². The molecule has 1 saturated heterocycles. The fraction of sp³-hybridized carbons (Fsp3) is 0.318. The predicted molar refractivity (Wildman–Crippen MR) is 123 cm³/mol. The van der Waals surface area contributed by atoms with E-state index in [0.29, 0.717) is 37.6 Å². The molecule has 6 nitrogen and oxygen atoms in total. The number of benzene rings is 2. The van der Waals surface area contributed by atoms with Crippen LogP contribution in [0.15, 0.2) is 46.9 Å². The lowest BCUT2D eigenvalue weighted by Crippen LogP contribution is -2.49. The van der Waals surface area contributed by atoms with E-state index >= 15 is 0 Å². The Kier molecular flexibility index (Phi) is 7.75. The monoisotopic (exact) mass is 491 g/mol. The van der Waals surface area contributed by atoms with E-state index < -0.39 is 11.9 Å². The maximum absolute atomic E-state index is 12.6. The number of halogens is 2. The molecule has 3 N–H and O–H groups in total. The van der Waals surface area contributed by atoms with E-state index in [2.05, 4.69) is 26.1 Å². The highest BCUT2D eigenvalue weighted by molar-refractivity contribution is 9.10. The predicted octanol–water partition coefficient (Wildman–Crippen LogP) is 2.94. The van der Waals surface area contributed by atoms with Crippen LogP contribution >= 0.6 is 27.5 Å². The van der Waals surface area contributed by atoms with Gasteiger partial charge in [0, 0.05) is 46.9 Å². The van der Waals surface area contributed by atoms with Gasteiger partial charge in [0.2, 0.25) is 11.8 Å². The molecule has 2 aromatic rings. The van der Waals surface area contributed by atoms with Crippen LogP contribution in [0.4, 0.5) is 5.69 Å². The molecule has 159 valence electrons. The first kappa shape index (κ1) is 22.6. The highest BCUT2D eigenvalue weighted by Gasteiger charge is 2.26. The quantitative estimate of drug-likeness (QED) is 0.623. The van der Waals surface area contributed by atoms with Crippen molar-refractivity contribution in [2.45, 2.75) is 12.5 Å². The molecule has 0 aliphatic carbocycles. The molecular formula is C22H25BrClN4O2. The van der Waals surface area contributed by atoms with Crippen LogP contribution in [0, 0.1) is 6.42 Å². The third kappa shape index (κ3) is 5.53. The molecule has 3 rings (SSSR count). The molecule has 0 spiro atoms. The largest absolute Gasteiger partial charge is 0.368 e. The molecule has 1 unspecified atom stereocenters. The Morgan fingerprint density at radius 3 is 2.43 bits per heavy atom. The molecular weight excluding hydrogens is 468 g/mol. The highest BCUT2D eigenvalue weighted by atomic mass is 79.9. The maximum atomic E-state index is 12.6. The topological polar surface area (TPSA) is 78.7 Å². The van der Waals surface area contributed by atoms with Gasteiger partial charge in [-0.2, -0.15) is 0 Å². The van der Waals surface area contributed by atoms with Crippen molar-refractivity contribution in [3.05, 3.63) is 69.5 Å². The van der Waals surface area contributed by atoms with Crippen LogP contribution < -0.4 is 16.0 Å². The second kappa shape index (κ2) is 10.3. The van der Waals surface area contributed by atoms with Crippen molar-refractivity contribution in [3.63, 3.8) is 0 Å². The molecule has 8 heteroatoms. The molecule has 1 atom stereocenters. The first-order valence-electron chi connectivity index (χ1n) is 9.76. The minimum Gasteiger partial charge on any atom is -0.368 e. The van der Waals surface area contributed by atoms with Crippen molar-refractivity contribution in [1.29, 1.82) is 0 Å². The van der Waals surface area contributed by atoms with E-state index in [9.17, 15) is 9.59 Å². The van der Waals surface area contributed by atoms with Crippen LogP contribution in [0.25, 0.3) is 0 Å². The Bertz CT molecular complexity index is 899. The van der Waals surface area contributed by atoms with Gasteiger partial charge < -0.3 is 20.9 Å². The fourth-order valence-electron chi connectivity index (χ4n) is 3.62. The van der Waals surface area contributed by atoms with E-state index in [0.717, 1.165) is 21.3 Å². The Labute approximate surface area is 190 Å². The van der Waals surface area contributed by atoms with E-state index in [-0.39, 0.29) is 5.91 Å². The van der Waals surface area contributed by atoms with Crippen molar-refractivity contribution in [1.82, 2.24) is 10.2 Å². The van der Waals surface area contributed by atoms with Crippen LogP contribution in [0.1, 0.15) is 17.2 Å². The van der Waals surface area contributed by atoms with Crippen LogP contribution in [-0.2, 0) is 16.0 Å². The number of carbonyl (C=O) groups is 2. The second-order valence-electron chi connectivity index (χ2n) is 7.17. The average Bonchev–Trinajstić information content (AvgIpc) is 2.74. The van der Waals surface area contributed by atoms with Gasteiger partial charge in [-0.1, -0.05) is 39.7 Å². The minimum atomic E-state index is -0.579. The number of hydrogen-bond donors (Lipinski definition) is 2.